The number of benzene rings is 2. The molecular formula is C20H21FN2O3. The molecule has 0 unspecified atom stereocenters. The van der Waals surface area contributed by atoms with Gasteiger partial charge in [-0.25, -0.2) is 4.39 Å². The van der Waals surface area contributed by atoms with Gasteiger partial charge in [0.15, 0.2) is 0 Å². The topological polar surface area (TPSA) is 49.9 Å². The van der Waals surface area contributed by atoms with E-state index in [0.29, 0.717) is 32.6 Å². The van der Waals surface area contributed by atoms with Crippen LogP contribution in [0.25, 0.3) is 0 Å². The van der Waals surface area contributed by atoms with Crippen LogP contribution in [-0.4, -0.2) is 54.9 Å². The Balaban J connectivity index is 1.55. The van der Waals surface area contributed by atoms with Gasteiger partial charge in [0.25, 0.3) is 5.91 Å². The Kier molecular flexibility index (Phi) is 5.51. The van der Waals surface area contributed by atoms with Crippen LogP contribution in [0.2, 0.25) is 0 Å². The number of ether oxygens (including phenoxy) is 1. The van der Waals surface area contributed by atoms with E-state index in [9.17, 15) is 14.0 Å². The molecule has 2 aromatic rings. The predicted molar refractivity (Wildman–Crippen MR) is 95.6 cm³/mol. The first kappa shape index (κ1) is 17.9. The molecule has 0 bridgehead atoms. The Morgan fingerprint density at radius 2 is 1.58 bits per heavy atom. The minimum absolute atomic E-state index is 0.0214. The standard InChI is InChI=1S/C20H21FN2O3/c1-26-16-8-6-15(7-9-16)14-19(24)22-10-12-23(13-11-22)20(25)17-4-2-3-5-18(17)21/h2-9H,10-14H2,1H3. The molecule has 0 aromatic heterocycles. The normalized spacial score (nSPS) is 14.2. The lowest BCUT2D eigenvalue weighted by Gasteiger charge is -2.35. The molecule has 1 aliphatic rings. The highest BCUT2D eigenvalue weighted by atomic mass is 19.1. The highest BCUT2D eigenvalue weighted by Gasteiger charge is 2.26. The van der Waals surface area contributed by atoms with Crippen molar-refractivity contribution >= 4 is 11.8 Å². The van der Waals surface area contributed by atoms with Crippen molar-refractivity contribution in [2.45, 2.75) is 6.42 Å². The van der Waals surface area contributed by atoms with Crippen LogP contribution < -0.4 is 4.74 Å². The molecular weight excluding hydrogens is 335 g/mol. The molecule has 1 saturated heterocycles. The fraction of sp³-hybridized carbons (Fsp3) is 0.300. The van der Waals surface area contributed by atoms with Crippen molar-refractivity contribution in [1.29, 1.82) is 0 Å². The lowest BCUT2D eigenvalue weighted by Crippen LogP contribution is -2.51. The summed E-state index contributed by atoms with van der Waals surface area (Å²) in [5.41, 5.74) is 0.992. The number of amides is 2. The molecule has 0 atom stereocenters. The van der Waals surface area contributed by atoms with E-state index in [1.165, 1.54) is 12.1 Å². The summed E-state index contributed by atoms with van der Waals surface area (Å²) in [7, 11) is 1.60. The van der Waals surface area contributed by atoms with Crippen LogP contribution in [0.4, 0.5) is 4.39 Å². The molecule has 0 N–H and O–H groups in total. The Labute approximate surface area is 152 Å². The highest BCUT2D eigenvalue weighted by molar-refractivity contribution is 5.94. The summed E-state index contributed by atoms with van der Waals surface area (Å²) >= 11 is 0. The van der Waals surface area contributed by atoms with Gasteiger partial charge in [-0.05, 0) is 29.8 Å². The first-order valence-electron chi connectivity index (χ1n) is 8.53. The van der Waals surface area contributed by atoms with Gasteiger partial charge in [-0.1, -0.05) is 24.3 Å². The van der Waals surface area contributed by atoms with Crippen LogP contribution in [0, 0.1) is 5.82 Å². The highest BCUT2D eigenvalue weighted by Crippen LogP contribution is 2.15. The number of hydrogen-bond acceptors (Lipinski definition) is 3. The zero-order chi connectivity index (χ0) is 18.5. The van der Waals surface area contributed by atoms with Crippen LogP contribution in [0.15, 0.2) is 48.5 Å². The van der Waals surface area contributed by atoms with E-state index in [2.05, 4.69) is 0 Å². The molecule has 1 heterocycles. The van der Waals surface area contributed by atoms with E-state index >= 15 is 0 Å². The van der Waals surface area contributed by atoms with Crippen molar-refractivity contribution in [3.05, 3.63) is 65.5 Å². The molecule has 0 radical (unpaired) electrons. The molecule has 6 heteroatoms. The number of piperazine rings is 1. The number of carbonyl (C=O) groups excluding carboxylic acids is 2. The smallest absolute Gasteiger partial charge is 0.256 e. The van der Waals surface area contributed by atoms with Gasteiger partial charge in [0.05, 0.1) is 19.1 Å². The minimum atomic E-state index is -0.518. The van der Waals surface area contributed by atoms with Crippen LogP contribution in [0.3, 0.4) is 0 Å². The summed E-state index contributed by atoms with van der Waals surface area (Å²) < 4.78 is 18.9. The van der Waals surface area contributed by atoms with Crippen molar-refractivity contribution in [2.24, 2.45) is 0 Å². The summed E-state index contributed by atoms with van der Waals surface area (Å²) in [4.78, 5) is 28.2. The lowest BCUT2D eigenvalue weighted by molar-refractivity contribution is -0.131. The number of carbonyl (C=O) groups is 2. The number of halogens is 1. The maximum atomic E-state index is 13.8. The van der Waals surface area contributed by atoms with E-state index in [4.69, 9.17) is 4.74 Å². The lowest BCUT2D eigenvalue weighted by atomic mass is 10.1. The Morgan fingerprint density at radius 1 is 0.962 bits per heavy atom. The second kappa shape index (κ2) is 7.99. The van der Waals surface area contributed by atoms with E-state index < -0.39 is 5.82 Å². The average Bonchev–Trinajstić information content (AvgIpc) is 2.68. The summed E-state index contributed by atoms with van der Waals surface area (Å²) in [5.74, 6) is -0.0736. The van der Waals surface area contributed by atoms with Gasteiger partial charge in [0.2, 0.25) is 5.91 Å². The summed E-state index contributed by atoms with van der Waals surface area (Å²) in [6.07, 6.45) is 0.311. The second-order valence-corrected chi connectivity index (χ2v) is 6.18. The van der Waals surface area contributed by atoms with Gasteiger partial charge in [-0.3, -0.25) is 9.59 Å². The predicted octanol–water partition coefficient (Wildman–Crippen LogP) is 2.36. The molecule has 1 aliphatic heterocycles. The van der Waals surface area contributed by atoms with Crippen molar-refractivity contribution in [3.63, 3.8) is 0 Å². The van der Waals surface area contributed by atoms with Crippen molar-refractivity contribution in [3.8, 4) is 5.75 Å². The summed E-state index contributed by atoms with van der Waals surface area (Å²) in [6, 6.07) is 13.4. The van der Waals surface area contributed by atoms with Gasteiger partial charge in [-0.15, -0.1) is 0 Å². The van der Waals surface area contributed by atoms with Crippen LogP contribution >= 0.6 is 0 Å². The third-order valence-corrected chi connectivity index (χ3v) is 4.54. The molecule has 3 rings (SSSR count). The third-order valence-electron chi connectivity index (χ3n) is 4.54. The van der Waals surface area contributed by atoms with Gasteiger partial charge < -0.3 is 14.5 Å². The monoisotopic (exact) mass is 356 g/mol. The van der Waals surface area contributed by atoms with Crippen molar-refractivity contribution in [2.75, 3.05) is 33.3 Å². The van der Waals surface area contributed by atoms with Gasteiger partial charge in [0, 0.05) is 26.2 Å². The number of hydrogen-bond donors (Lipinski definition) is 0. The molecule has 26 heavy (non-hydrogen) atoms. The number of rotatable bonds is 4. The minimum Gasteiger partial charge on any atom is -0.497 e. The molecule has 2 aromatic carbocycles. The van der Waals surface area contributed by atoms with Gasteiger partial charge >= 0.3 is 0 Å². The van der Waals surface area contributed by atoms with E-state index in [0.717, 1.165) is 11.3 Å². The SMILES string of the molecule is COc1ccc(CC(=O)N2CCN(C(=O)c3ccccc3F)CC2)cc1. The molecule has 136 valence electrons. The quantitative estimate of drug-likeness (QED) is 0.845. The van der Waals surface area contributed by atoms with E-state index in [1.54, 1.807) is 29.0 Å². The Bertz CT molecular complexity index is 784. The van der Waals surface area contributed by atoms with Gasteiger partial charge in [-0.2, -0.15) is 0 Å². The number of methoxy groups -OCH3 is 1. The van der Waals surface area contributed by atoms with Gasteiger partial charge in [0.1, 0.15) is 11.6 Å². The van der Waals surface area contributed by atoms with E-state index in [1.807, 2.05) is 24.3 Å². The van der Waals surface area contributed by atoms with Crippen LogP contribution in [-0.2, 0) is 11.2 Å². The average molecular weight is 356 g/mol. The first-order chi connectivity index (χ1) is 12.6. The zero-order valence-electron chi connectivity index (χ0n) is 14.7. The molecule has 0 aliphatic carbocycles. The van der Waals surface area contributed by atoms with Crippen molar-refractivity contribution < 1.29 is 18.7 Å². The number of nitrogens with zero attached hydrogens (tertiary/aromatic N) is 2. The molecule has 1 fully saturated rings. The maximum absolute atomic E-state index is 13.8. The van der Waals surface area contributed by atoms with Crippen LogP contribution in [0.5, 0.6) is 5.75 Å². The molecule has 5 nitrogen and oxygen atoms in total. The molecule has 0 spiro atoms. The maximum Gasteiger partial charge on any atom is 0.256 e. The largest absolute Gasteiger partial charge is 0.497 e. The zero-order valence-corrected chi connectivity index (χ0v) is 14.7. The summed E-state index contributed by atoms with van der Waals surface area (Å²) in [6.45, 7) is 1.72. The molecule has 2 amide bonds. The van der Waals surface area contributed by atoms with Crippen LogP contribution in [0.1, 0.15) is 15.9 Å². The fourth-order valence-corrected chi connectivity index (χ4v) is 2.99. The summed E-state index contributed by atoms with van der Waals surface area (Å²) in [5, 5.41) is 0. The fourth-order valence-electron chi connectivity index (χ4n) is 2.99. The molecule has 0 saturated carbocycles. The Hall–Kier alpha value is -2.89. The Morgan fingerprint density at radius 3 is 2.19 bits per heavy atom. The second-order valence-electron chi connectivity index (χ2n) is 6.18. The first-order valence-corrected chi connectivity index (χ1v) is 8.53. The van der Waals surface area contributed by atoms with Crippen molar-refractivity contribution in [1.82, 2.24) is 9.80 Å². The third kappa shape index (κ3) is 4.02. The van der Waals surface area contributed by atoms with E-state index in [-0.39, 0.29) is 17.4 Å².